The number of tetrazole rings is 1. The lowest BCUT2D eigenvalue weighted by atomic mass is 10.2. The van der Waals surface area contributed by atoms with Crippen LogP contribution in [0.1, 0.15) is 17.3 Å². The Balaban J connectivity index is 1.61. The van der Waals surface area contributed by atoms with Crippen molar-refractivity contribution in [2.75, 3.05) is 5.32 Å². The van der Waals surface area contributed by atoms with Gasteiger partial charge in [0.2, 0.25) is 0 Å². The Morgan fingerprint density at radius 2 is 2.00 bits per heavy atom. The molecule has 10 heteroatoms. The number of nitrogens with zero attached hydrogens (tertiary/aromatic N) is 5. The molecule has 9 nitrogen and oxygen atoms in total. The fourth-order valence-corrected chi connectivity index (χ4v) is 2.19. The second kappa shape index (κ2) is 7.70. The number of hydrogen-bond acceptors (Lipinski definition) is 7. The molecule has 1 atom stereocenters. The molecule has 1 aromatic carbocycles. The minimum atomic E-state index is -1.02. The van der Waals surface area contributed by atoms with E-state index in [2.05, 4.69) is 25.8 Å². The summed E-state index contributed by atoms with van der Waals surface area (Å²) in [5.41, 5.74) is 1.32. The van der Waals surface area contributed by atoms with Gasteiger partial charge in [0.25, 0.3) is 5.91 Å². The van der Waals surface area contributed by atoms with Crippen LogP contribution in [0.3, 0.4) is 0 Å². The molecule has 0 aliphatic rings. The number of amides is 1. The molecule has 3 aromatic rings. The van der Waals surface area contributed by atoms with Gasteiger partial charge in [-0.05, 0) is 53.7 Å². The van der Waals surface area contributed by atoms with Crippen molar-refractivity contribution in [3.63, 3.8) is 0 Å². The zero-order valence-corrected chi connectivity index (χ0v) is 14.3. The van der Waals surface area contributed by atoms with Crippen LogP contribution >= 0.6 is 11.6 Å². The van der Waals surface area contributed by atoms with Crippen LogP contribution in [0.2, 0.25) is 5.15 Å². The Bertz CT molecular complexity index is 914. The molecule has 0 aliphatic carbocycles. The lowest BCUT2D eigenvalue weighted by Gasteiger charge is -2.14. The standard InChI is InChI=1S/C16H13ClN6O3/c1-10(15(24)20-13-3-2-8-18-14(13)17)26-16(25)11-4-6-12(7-5-11)23-9-19-21-22-23/h2-10H,1H3,(H,20,24)/t10-/m0/s1. The molecule has 2 aromatic heterocycles. The van der Waals surface area contributed by atoms with Gasteiger partial charge < -0.3 is 10.1 Å². The molecule has 0 fully saturated rings. The first kappa shape index (κ1) is 17.5. The molecular weight excluding hydrogens is 360 g/mol. The molecule has 0 unspecified atom stereocenters. The Hall–Kier alpha value is -3.33. The van der Waals surface area contributed by atoms with Crippen LogP contribution in [0.4, 0.5) is 5.69 Å². The number of carbonyl (C=O) groups excluding carboxylic acids is 2. The number of benzene rings is 1. The fourth-order valence-electron chi connectivity index (χ4n) is 2.03. The average Bonchev–Trinajstić information content (AvgIpc) is 3.18. The summed E-state index contributed by atoms with van der Waals surface area (Å²) >= 11 is 5.88. The molecule has 0 saturated carbocycles. The Labute approximate surface area is 152 Å². The number of rotatable bonds is 5. The number of esters is 1. The normalized spacial score (nSPS) is 11.6. The molecule has 3 rings (SSSR count). The summed E-state index contributed by atoms with van der Waals surface area (Å²) in [5, 5.41) is 13.5. The minimum absolute atomic E-state index is 0.151. The minimum Gasteiger partial charge on any atom is -0.449 e. The molecular formula is C16H13ClN6O3. The first-order valence-corrected chi connectivity index (χ1v) is 7.88. The monoisotopic (exact) mass is 372 g/mol. The van der Waals surface area contributed by atoms with Gasteiger partial charge in [0, 0.05) is 6.20 Å². The maximum absolute atomic E-state index is 12.2. The molecule has 0 spiro atoms. The highest BCUT2D eigenvalue weighted by molar-refractivity contribution is 6.32. The number of carbonyl (C=O) groups is 2. The molecule has 2 heterocycles. The Kier molecular flexibility index (Phi) is 5.18. The van der Waals surface area contributed by atoms with E-state index >= 15 is 0 Å². The second-order valence-electron chi connectivity index (χ2n) is 5.18. The van der Waals surface area contributed by atoms with Crippen LogP contribution in [-0.2, 0) is 9.53 Å². The maximum atomic E-state index is 12.2. The predicted octanol–water partition coefficient (Wildman–Crippen LogP) is 1.89. The van der Waals surface area contributed by atoms with Crippen LogP contribution in [0.25, 0.3) is 5.69 Å². The average molecular weight is 373 g/mol. The third kappa shape index (κ3) is 4.01. The SMILES string of the molecule is C[C@H](OC(=O)c1ccc(-n2cnnn2)cc1)C(=O)Nc1cccnc1Cl. The largest absolute Gasteiger partial charge is 0.449 e. The summed E-state index contributed by atoms with van der Waals surface area (Å²) in [6, 6.07) is 9.66. The van der Waals surface area contributed by atoms with Gasteiger partial charge in [0.15, 0.2) is 11.3 Å². The fraction of sp³-hybridized carbons (Fsp3) is 0.125. The molecule has 132 valence electrons. The van der Waals surface area contributed by atoms with Crippen LogP contribution in [0, 0.1) is 0 Å². The van der Waals surface area contributed by atoms with Crippen molar-refractivity contribution in [3.05, 3.63) is 59.6 Å². The molecule has 0 saturated heterocycles. The topological polar surface area (TPSA) is 112 Å². The van der Waals surface area contributed by atoms with Crippen molar-refractivity contribution in [1.29, 1.82) is 0 Å². The number of anilines is 1. The van der Waals surface area contributed by atoms with E-state index < -0.39 is 18.0 Å². The molecule has 0 bridgehead atoms. The summed E-state index contributed by atoms with van der Waals surface area (Å²) in [7, 11) is 0. The summed E-state index contributed by atoms with van der Waals surface area (Å²) < 4.78 is 6.63. The van der Waals surface area contributed by atoms with Crippen molar-refractivity contribution in [2.45, 2.75) is 13.0 Å². The zero-order valence-electron chi connectivity index (χ0n) is 13.5. The van der Waals surface area contributed by atoms with Crippen molar-refractivity contribution in [3.8, 4) is 5.69 Å². The number of hydrogen-bond donors (Lipinski definition) is 1. The van der Waals surface area contributed by atoms with Crippen LogP contribution < -0.4 is 5.32 Å². The Morgan fingerprint density at radius 3 is 2.65 bits per heavy atom. The quantitative estimate of drug-likeness (QED) is 0.537. The summed E-state index contributed by atoms with van der Waals surface area (Å²) in [5.74, 6) is -1.15. The van der Waals surface area contributed by atoms with Crippen molar-refractivity contribution >= 4 is 29.2 Å². The van der Waals surface area contributed by atoms with Gasteiger partial charge in [-0.3, -0.25) is 4.79 Å². The van der Waals surface area contributed by atoms with E-state index in [-0.39, 0.29) is 5.15 Å². The van der Waals surface area contributed by atoms with Gasteiger partial charge in [0.05, 0.1) is 16.9 Å². The highest BCUT2D eigenvalue weighted by atomic mass is 35.5. The highest BCUT2D eigenvalue weighted by Crippen LogP contribution is 2.18. The lowest BCUT2D eigenvalue weighted by Crippen LogP contribution is -2.30. The predicted molar refractivity (Wildman–Crippen MR) is 91.9 cm³/mol. The summed E-state index contributed by atoms with van der Waals surface area (Å²) in [6.45, 7) is 1.47. The summed E-state index contributed by atoms with van der Waals surface area (Å²) in [6.07, 6.45) is 1.92. The van der Waals surface area contributed by atoms with E-state index in [4.69, 9.17) is 16.3 Å². The first-order chi connectivity index (χ1) is 12.5. The van der Waals surface area contributed by atoms with E-state index in [1.165, 1.54) is 24.1 Å². The third-order valence-corrected chi connectivity index (χ3v) is 3.69. The van der Waals surface area contributed by atoms with Crippen molar-refractivity contribution in [2.24, 2.45) is 0 Å². The number of nitrogens with one attached hydrogen (secondary N) is 1. The number of pyridine rings is 1. The first-order valence-electron chi connectivity index (χ1n) is 7.50. The van der Waals surface area contributed by atoms with E-state index in [0.29, 0.717) is 16.9 Å². The van der Waals surface area contributed by atoms with Crippen LogP contribution in [0.5, 0.6) is 0 Å². The van der Waals surface area contributed by atoms with Crippen LogP contribution in [-0.4, -0.2) is 43.2 Å². The van der Waals surface area contributed by atoms with E-state index in [0.717, 1.165) is 0 Å². The Morgan fingerprint density at radius 1 is 1.23 bits per heavy atom. The highest BCUT2D eigenvalue weighted by Gasteiger charge is 2.20. The van der Waals surface area contributed by atoms with Gasteiger partial charge in [-0.25, -0.2) is 14.5 Å². The van der Waals surface area contributed by atoms with Crippen molar-refractivity contribution in [1.82, 2.24) is 25.2 Å². The lowest BCUT2D eigenvalue weighted by molar-refractivity contribution is -0.123. The van der Waals surface area contributed by atoms with Gasteiger partial charge in [0.1, 0.15) is 6.33 Å². The number of halogens is 1. The second-order valence-corrected chi connectivity index (χ2v) is 5.54. The summed E-state index contributed by atoms with van der Waals surface area (Å²) in [4.78, 5) is 28.2. The number of aromatic nitrogens is 5. The van der Waals surface area contributed by atoms with E-state index in [1.54, 1.807) is 36.4 Å². The van der Waals surface area contributed by atoms with Crippen LogP contribution in [0.15, 0.2) is 48.9 Å². The molecule has 0 aliphatic heterocycles. The van der Waals surface area contributed by atoms with Gasteiger partial charge in [-0.1, -0.05) is 11.6 Å². The van der Waals surface area contributed by atoms with Gasteiger partial charge in [-0.15, -0.1) is 5.10 Å². The molecule has 26 heavy (non-hydrogen) atoms. The maximum Gasteiger partial charge on any atom is 0.338 e. The van der Waals surface area contributed by atoms with Crippen molar-refractivity contribution < 1.29 is 14.3 Å². The van der Waals surface area contributed by atoms with Gasteiger partial charge >= 0.3 is 5.97 Å². The zero-order chi connectivity index (χ0) is 18.5. The van der Waals surface area contributed by atoms with E-state index in [9.17, 15) is 9.59 Å². The molecule has 1 N–H and O–H groups in total. The van der Waals surface area contributed by atoms with E-state index in [1.807, 2.05) is 0 Å². The number of ether oxygens (including phenoxy) is 1. The third-order valence-electron chi connectivity index (χ3n) is 3.39. The van der Waals surface area contributed by atoms with Gasteiger partial charge in [-0.2, -0.15) is 0 Å². The smallest absolute Gasteiger partial charge is 0.338 e. The molecule has 0 radical (unpaired) electrons. The molecule has 1 amide bonds.